The van der Waals surface area contributed by atoms with Gasteiger partial charge in [-0.1, -0.05) is 178 Å². The SMILES string of the molecule is CC1(C)c2ccccc2-c2c(-c3c4ccccc4c(C=Cc4ccccc4)c4ccc(-c5cccc6ccccc56)cc34)cccc21. The first-order valence-electron chi connectivity index (χ1n) is 16.5. The van der Waals surface area contributed by atoms with Gasteiger partial charge in [0.25, 0.3) is 0 Å². The summed E-state index contributed by atoms with van der Waals surface area (Å²) >= 11 is 0. The highest BCUT2D eigenvalue weighted by molar-refractivity contribution is 6.20. The van der Waals surface area contributed by atoms with E-state index < -0.39 is 0 Å². The Hall–Kier alpha value is -5.72. The molecule has 1 aliphatic carbocycles. The standard InChI is InChI=1S/C47H34/c1-47(2)43-24-11-10-21-40(43)46-41(23-13-25-44(46)47)45-39-20-9-8-19-36(39)37(28-26-31-14-4-3-5-15-31)38-29-27-33(30-42(38)45)35-22-12-17-32-16-6-7-18-34(32)35/h3-30H,1-2H3. The lowest BCUT2D eigenvalue weighted by Gasteiger charge is -2.22. The van der Waals surface area contributed by atoms with Crippen molar-refractivity contribution in [1.29, 1.82) is 0 Å². The number of fused-ring (bicyclic) bond motifs is 6. The number of hydrogen-bond acceptors (Lipinski definition) is 0. The highest BCUT2D eigenvalue weighted by Crippen LogP contribution is 2.54. The first kappa shape index (κ1) is 27.6. The number of benzene rings is 8. The lowest BCUT2D eigenvalue weighted by atomic mass is 9.81. The Balaban J connectivity index is 1.41. The van der Waals surface area contributed by atoms with E-state index in [4.69, 9.17) is 0 Å². The van der Waals surface area contributed by atoms with E-state index in [1.165, 1.54) is 88.0 Å². The van der Waals surface area contributed by atoms with Gasteiger partial charge in [-0.2, -0.15) is 0 Å². The van der Waals surface area contributed by atoms with E-state index in [1.807, 2.05) is 0 Å². The maximum absolute atomic E-state index is 2.45. The second-order valence-electron chi connectivity index (χ2n) is 13.3. The van der Waals surface area contributed by atoms with Gasteiger partial charge in [0.05, 0.1) is 0 Å². The predicted octanol–water partition coefficient (Wildman–Crippen LogP) is 13.0. The minimum absolute atomic E-state index is 0.0694. The molecule has 0 aromatic heterocycles. The van der Waals surface area contributed by atoms with Gasteiger partial charge >= 0.3 is 0 Å². The molecule has 0 N–H and O–H groups in total. The molecule has 0 amide bonds. The monoisotopic (exact) mass is 598 g/mol. The molecule has 0 fully saturated rings. The van der Waals surface area contributed by atoms with Crippen LogP contribution in [0, 0.1) is 0 Å². The molecular formula is C47H34. The van der Waals surface area contributed by atoms with Gasteiger partial charge in [-0.3, -0.25) is 0 Å². The van der Waals surface area contributed by atoms with Gasteiger partial charge in [0.1, 0.15) is 0 Å². The van der Waals surface area contributed by atoms with Crippen molar-refractivity contribution < 1.29 is 0 Å². The smallest absolute Gasteiger partial charge is 0.0159 e. The van der Waals surface area contributed by atoms with Crippen molar-refractivity contribution >= 4 is 44.5 Å². The average molecular weight is 599 g/mol. The molecule has 0 nitrogen and oxygen atoms in total. The van der Waals surface area contributed by atoms with Crippen LogP contribution in [0.1, 0.15) is 36.1 Å². The highest BCUT2D eigenvalue weighted by atomic mass is 14.4. The van der Waals surface area contributed by atoms with Crippen LogP contribution in [0.3, 0.4) is 0 Å². The molecule has 9 rings (SSSR count). The molecule has 0 radical (unpaired) electrons. The van der Waals surface area contributed by atoms with Gasteiger partial charge in [0.2, 0.25) is 0 Å². The van der Waals surface area contributed by atoms with Gasteiger partial charge in [-0.25, -0.2) is 0 Å². The highest BCUT2D eigenvalue weighted by Gasteiger charge is 2.37. The molecular weight excluding hydrogens is 565 g/mol. The minimum Gasteiger partial charge on any atom is -0.0622 e. The Kier molecular flexibility index (Phi) is 6.27. The Labute approximate surface area is 276 Å². The van der Waals surface area contributed by atoms with E-state index in [0.29, 0.717) is 0 Å². The average Bonchev–Trinajstić information content (AvgIpc) is 3.36. The summed E-state index contributed by atoms with van der Waals surface area (Å²) in [5.41, 5.74) is 13.0. The predicted molar refractivity (Wildman–Crippen MR) is 203 cm³/mol. The molecule has 0 atom stereocenters. The third-order valence-electron chi connectivity index (χ3n) is 10.3. The summed E-state index contributed by atoms with van der Waals surface area (Å²) in [6.45, 7) is 4.74. The Morgan fingerprint density at radius 3 is 1.89 bits per heavy atom. The molecule has 0 saturated carbocycles. The molecule has 47 heavy (non-hydrogen) atoms. The van der Waals surface area contributed by atoms with Crippen molar-refractivity contribution in [3.63, 3.8) is 0 Å². The van der Waals surface area contributed by atoms with Gasteiger partial charge in [0.15, 0.2) is 0 Å². The van der Waals surface area contributed by atoms with E-state index in [0.717, 1.165) is 0 Å². The zero-order chi connectivity index (χ0) is 31.5. The quantitative estimate of drug-likeness (QED) is 0.140. The number of hydrogen-bond donors (Lipinski definition) is 0. The minimum atomic E-state index is -0.0694. The third kappa shape index (κ3) is 4.29. The van der Waals surface area contributed by atoms with E-state index in [1.54, 1.807) is 0 Å². The fraction of sp³-hybridized carbons (Fsp3) is 0.0638. The Morgan fingerprint density at radius 1 is 0.404 bits per heavy atom. The topological polar surface area (TPSA) is 0 Å². The van der Waals surface area contributed by atoms with Crippen LogP contribution in [-0.4, -0.2) is 0 Å². The molecule has 0 unspecified atom stereocenters. The normalized spacial score (nSPS) is 13.4. The Bertz CT molecular complexity index is 2520. The summed E-state index contributed by atoms with van der Waals surface area (Å²) in [5, 5.41) is 7.62. The van der Waals surface area contributed by atoms with Crippen LogP contribution in [0.4, 0.5) is 0 Å². The summed E-state index contributed by atoms with van der Waals surface area (Å²) in [6.07, 6.45) is 4.56. The molecule has 0 heteroatoms. The van der Waals surface area contributed by atoms with Crippen LogP contribution < -0.4 is 0 Å². The van der Waals surface area contributed by atoms with Crippen molar-refractivity contribution in [3.8, 4) is 33.4 Å². The van der Waals surface area contributed by atoms with Crippen molar-refractivity contribution in [2.24, 2.45) is 0 Å². The van der Waals surface area contributed by atoms with Crippen molar-refractivity contribution in [1.82, 2.24) is 0 Å². The van der Waals surface area contributed by atoms with Crippen LogP contribution in [0.25, 0.3) is 77.9 Å². The third-order valence-corrected chi connectivity index (χ3v) is 10.3. The van der Waals surface area contributed by atoms with Gasteiger partial charge in [-0.15, -0.1) is 0 Å². The Morgan fingerprint density at radius 2 is 1.02 bits per heavy atom. The largest absolute Gasteiger partial charge is 0.0622 e. The lowest BCUT2D eigenvalue weighted by molar-refractivity contribution is 0.660. The second-order valence-corrected chi connectivity index (χ2v) is 13.3. The molecule has 222 valence electrons. The summed E-state index contributed by atoms with van der Waals surface area (Å²) in [6, 6.07) is 58.0. The molecule has 8 aromatic rings. The van der Waals surface area contributed by atoms with Gasteiger partial charge < -0.3 is 0 Å². The van der Waals surface area contributed by atoms with Crippen LogP contribution in [0.15, 0.2) is 158 Å². The van der Waals surface area contributed by atoms with Crippen molar-refractivity contribution in [3.05, 3.63) is 180 Å². The molecule has 0 spiro atoms. The van der Waals surface area contributed by atoms with E-state index in [2.05, 4.69) is 184 Å². The molecule has 0 aliphatic heterocycles. The van der Waals surface area contributed by atoms with Crippen molar-refractivity contribution in [2.45, 2.75) is 19.3 Å². The summed E-state index contributed by atoms with van der Waals surface area (Å²) < 4.78 is 0. The van der Waals surface area contributed by atoms with Crippen LogP contribution in [0.5, 0.6) is 0 Å². The number of rotatable bonds is 4. The first-order valence-corrected chi connectivity index (χ1v) is 16.5. The molecule has 1 aliphatic rings. The maximum atomic E-state index is 2.45. The van der Waals surface area contributed by atoms with Crippen LogP contribution >= 0.6 is 0 Å². The fourth-order valence-electron chi connectivity index (χ4n) is 8.03. The molecule has 0 bridgehead atoms. The summed E-state index contributed by atoms with van der Waals surface area (Å²) in [7, 11) is 0. The van der Waals surface area contributed by atoms with Gasteiger partial charge in [-0.05, 0) is 94.0 Å². The second kappa shape index (κ2) is 10.7. The molecule has 0 heterocycles. The zero-order valence-corrected chi connectivity index (χ0v) is 26.7. The molecule has 8 aromatic carbocycles. The van der Waals surface area contributed by atoms with E-state index >= 15 is 0 Å². The van der Waals surface area contributed by atoms with Crippen molar-refractivity contribution in [2.75, 3.05) is 0 Å². The fourth-order valence-corrected chi connectivity index (χ4v) is 8.03. The maximum Gasteiger partial charge on any atom is 0.0159 e. The van der Waals surface area contributed by atoms with E-state index in [9.17, 15) is 0 Å². The first-order chi connectivity index (χ1) is 23.1. The van der Waals surface area contributed by atoms with Gasteiger partial charge in [0, 0.05) is 5.41 Å². The zero-order valence-electron chi connectivity index (χ0n) is 26.7. The summed E-state index contributed by atoms with van der Waals surface area (Å²) in [4.78, 5) is 0. The lowest BCUT2D eigenvalue weighted by Crippen LogP contribution is -2.14. The van der Waals surface area contributed by atoms with E-state index in [-0.39, 0.29) is 5.41 Å². The van der Waals surface area contributed by atoms with Crippen LogP contribution in [0.2, 0.25) is 0 Å². The molecule has 0 saturated heterocycles. The summed E-state index contributed by atoms with van der Waals surface area (Å²) in [5.74, 6) is 0. The van der Waals surface area contributed by atoms with Crippen LogP contribution in [-0.2, 0) is 5.41 Å².